The number of benzene rings is 2. The molecule has 0 saturated heterocycles. The fraction of sp³-hybridized carbons (Fsp3) is 0.136. The average molecular weight is 391 g/mol. The molecule has 0 aliphatic rings. The van der Waals surface area contributed by atoms with E-state index in [1.807, 2.05) is 0 Å². The van der Waals surface area contributed by atoms with Gasteiger partial charge in [-0.2, -0.15) is 0 Å². The topological polar surface area (TPSA) is 89.5 Å². The van der Waals surface area contributed by atoms with Crippen LogP contribution in [0.25, 0.3) is 0 Å². The van der Waals surface area contributed by atoms with E-state index >= 15 is 0 Å². The van der Waals surface area contributed by atoms with Crippen molar-refractivity contribution in [1.29, 1.82) is 0 Å². The lowest BCUT2D eigenvalue weighted by molar-refractivity contribution is 0.0526. The summed E-state index contributed by atoms with van der Waals surface area (Å²) in [7, 11) is 1.57. The SMILES string of the molecule is CCOC(=O)c1ccc(Nc2ccnc(C(=O)Nc3cccc(OC)c3)c2)cc1. The standard InChI is InChI=1S/C22H21N3O4/c1-3-29-22(27)15-7-9-16(10-8-15)24-18-11-12-23-20(14-18)21(26)25-17-5-4-6-19(13-17)28-2/h4-14H,3H2,1-2H3,(H,23,24)(H,25,26). The van der Waals surface area contributed by atoms with Gasteiger partial charge >= 0.3 is 5.97 Å². The van der Waals surface area contributed by atoms with Gasteiger partial charge in [0.1, 0.15) is 11.4 Å². The first kappa shape index (κ1) is 19.9. The van der Waals surface area contributed by atoms with Crippen molar-refractivity contribution in [3.8, 4) is 5.75 Å². The normalized spacial score (nSPS) is 10.1. The van der Waals surface area contributed by atoms with Crippen LogP contribution in [0.4, 0.5) is 17.1 Å². The maximum absolute atomic E-state index is 12.5. The number of aromatic nitrogens is 1. The minimum Gasteiger partial charge on any atom is -0.497 e. The van der Waals surface area contributed by atoms with Gasteiger partial charge < -0.3 is 20.1 Å². The second-order valence-electron chi connectivity index (χ2n) is 6.04. The lowest BCUT2D eigenvalue weighted by Crippen LogP contribution is -2.13. The van der Waals surface area contributed by atoms with E-state index in [0.717, 1.165) is 5.69 Å². The van der Waals surface area contributed by atoms with Crippen LogP contribution in [0.2, 0.25) is 0 Å². The van der Waals surface area contributed by atoms with E-state index in [-0.39, 0.29) is 17.6 Å². The van der Waals surface area contributed by atoms with Crippen molar-refractivity contribution in [2.45, 2.75) is 6.92 Å². The summed E-state index contributed by atoms with van der Waals surface area (Å²) in [5.41, 5.74) is 2.82. The van der Waals surface area contributed by atoms with E-state index in [1.165, 1.54) is 0 Å². The maximum atomic E-state index is 12.5. The minimum absolute atomic E-state index is 0.265. The number of nitrogens with zero attached hydrogens (tertiary/aromatic N) is 1. The van der Waals surface area contributed by atoms with Crippen LogP contribution in [-0.2, 0) is 4.74 Å². The van der Waals surface area contributed by atoms with Crippen molar-refractivity contribution in [1.82, 2.24) is 4.98 Å². The highest BCUT2D eigenvalue weighted by Crippen LogP contribution is 2.20. The molecule has 0 saturated carbocycles. The molecule has 29 heavy (non-hydrogen) atoms. The molecule has 0 radical (unpaired) electrons. The molecule has 0 aliphatic heterocycles. The van der Waals surface area contributed by atoms with E-state index in [4.69, 9.17) is 9.47 Å². The maximum Gasteiger partial charge on any atom is 0.338 e. The van der Waals surface area contributed by atoms with E-state index in [2.05, 4.69) is 15.6 Å². The van der Waals surface area contributed by atoms with Crippen LogP contribution in [-0.4, -0.2) is 30.6 Å². The first-order chi connectivity index (χ1) is 14.1. The van der Waals surface area contributed by atoms with Crippen molar-refractivity contribution in [3.05, 3.63) is 78.1 Å². The van der Waals surface area contributed by atoms with Crippen LogP contribution in [0.15, 0.2) is 66.9 Å². The quantitative estimate of drug-likeness (QED) is 0.585. The Balaban J connectivity index is 1.69. The lowest BCUT2D eigenvalue weighted by atomic mass is 10.2. The highest BCUT2D eigenvalue weighted by molar-refractivity contribution is 6.03. The van der Waals surface area contributed by atoms with E-state index in [9.17, 15) is 9.59 Å². The molecule has 3 rings (SSSR count). The van der Waals surface area contributed by atoms with E-state index in [0.29, 0.717) is 29.3 Å². The summed E-state index contributed by atoms with van der Waals surface area (Å²) in [5.74, 6) is -0.0449. The number of nitrogens with one attached hydrogen (secondary N) is 2. The van der Waals surface area contributed by atoms with Crippen LogP contribution >= 0.6 is 0 Å². The number of anilines is 3. The molecule has 1 amide bonds. The van der Waals surface area contributed by atoms with Crippen LogP contribution in [0.3, 0.4) is 0 Å². The second kappa shape index (κ2) is 9.36. The van der Waals surface area contributed by atoms with Gasteiger partial charge in [0.25, 0.3) is 5.91 Å². The van der Waals surface area contributed by atoms with Gasteiger partial charge in [-0.1, -0.05) is 6.07 Å². The number of carbonyl (C=O) groups excluding carboxylic acids is 2. The molecule has 3 aromatic rings. The first-order valence-corrected chi connectivity index (χ1v) is 9.04. The number of hydrogen-bond donors (Lipinski definition) is 2. The fourth-order valence-corrected chi connectivity index (χ4v) is 2.60. The van der Waals surface area contributed by atoms with Crippen molar-refractivity contribution in [2.75, 3.05) is 24.4 Å². The Bertz CT molecular complexity index is 1000. The smallest absolute Gasteiger partial charge is 0.338 e. The molecule has 0 spiro atoms. The van der Waals surface area contributed by atoms with Gasteiger partial charge in [0.05, 0.1) is 19.3 Å². The molecule has 0 aliphatic carbocycles. The molecule has 0 fully saturated rings. The predicted molar refractivity (Wildman–Crippen MR) is 111 cm³/mol. The van der Waals surface area contributed by atoms with E-state index < -0.39 is 0 Å². The molecular formula is C22H21N3O4. The molecule has 7 heteroatoms. The molecule has 1 heterocycles. The number of amides is 1. The third kappa shape index (κ3) is 5.32. The van der Waals surface area contributed by atoms with Crippen molar-refractivity contribution < 1.29 is 19.1 Å². The Hall–Kier alpha value is -3.87. The Kier molecular flexibility index (Phi) is 6.42. The Morgan fingerprint density at radius 2 is 1.76 bits per heavy atom. The van der Waals surface area contributed by atoms with Gasteiger partial charge in [-0.15, -0.1) is 0 Å². The minimum atomic E-state index is -0.362. The lowest BCUT2D eigenvalue weighted by Gasteiger charge is -2.10. The van der Waals surface area contributed by atoms with Crippen LogP contribution < -0.4 is 15.4 Å². The fourth-order valence-electron chi connectivity index (χ4n) is 2.60. The highest BCUT2D eigenvalue weighted by Gasteiger charge is 2.10. The number of ether oxygens (including phenoxy) is 2. The number of hydrogen-bond acceptors (Lipinski definition) is 6. The zero-order valence-corrected chi connectivity index (χ0v) is 16.1. The molecule has 148 valence electrons. The highest BCUT2D eigenvalue weighted by atomic mass is 16.5. The molecule has 2 N–H and O–H groups in total. The van der Waals surface area contributed by atoms with Gasteiger partial charge in [-0.3, -0.25) is 9.78 Å². The summed E-state index contributed by atoms with van der Waals surface area (Å²) in [5, 5.41) is 5.98. The Morgan fingerprint density at radius 3 is 2.48 bits per heavy atom. The average Bonchev–Trinajstić information content (AvgIpc) is 2.75. The van der Waals surface area contributed by atoms with Gasteiger partial charge in [0.2, 0.25) is 0 Å². The monoisotopic (exact) mass is 391 g/mol. The van der Waals surface area contributed by atoms with Gasteiger partial charge in [0, 0.05) is 29.3 Å². The van der Waals surface area contributed by atoms with Crippen LogP contribution in [0, 0.1) is 0 Å². The summed E-state index contributed by atoms with van der Waals surface area (Å²) in [6, 6.07) is 17.4. The summed E-state index contributed by atoms with van der Waals surface area (Å²) >= 11 is 0. The zero-order valence-electron chi connectivity index (χ0n) is 16.1. The van der Waals surface area contributed by atoms with Crippen LogP contribution in [0.5, 0.6) is 5.75 Å². The molecular weight excluding hydrogens is 370 g/mol. The third-order valence-electron chi connectivity index (χ3n) is 4.00. The summed E-state index contributed by atoms with van der Waals surface area (Å²) in [4.78, 5) is 28.4. The molecule has 0 atom stereocenters. The Labute approximate surface area is 168 Å². The van der Waals surface area contributed by atoms with Crippen molar-refractivity contribution in [3.63, 3.8) is 0 Å². The van der Waals surface area contributed by atoms with Crippen molar-refractivity contribution >= 4 is 28.9 Å². The number of pyridine rings is 1. The molecule has 0 bridgehead atoms. The zero-order chi connectivity index (χ0) is 20.6. The third-order valence-corrected chi connectivity index (χ3v) is 4.00. The number of esters is 1. The van der Waals surface area contributed by atoms with Crippen molar-refractivity contribution in [2.24, 2.45) is 0 Å². The first-order valence-electron chi connectivity index (χ1n) is 9.04. The number of carbonyl (C=O) groups is 2. The number of methoxy groups -OCH3 is 1. The van der Waals surface area contributed by atoms with Gasteiger partial charge in [0.15, 0.2) is 0 Å². The number of rotatable bonds is 7. The molecule has 0 unspecified atom stereocenters. The molecule has 2 aromatic carbocycles. The van der Waals surface area contributed by atoms with E-state index in [1.54, 1.807) is 80.9 Å². The predicted octanol–water partition coefficient (Wildman–Crippen LogP) is 4.26. The van der Waals surface area contributed by atoms with Crippen LogP contribution in [0.1, 0.15) is 27.8 Å². The summed E-state index contributed by atoms with van der Waals surface area (Å²) in [6.45, 7) is 2.09. The van der Waals surface area contributed by atoms with Gasteiger partial charge in [-0.25, -0.2) is 4.79 Å². The molecule has 7 nitrogen and oxygen atoms in total. The molecule has 1 aromatic heterocycles. The summed E-state index contributed by atoms with van der Waals surface area (Å²) in [6.07, 6.45) is 1.55. The largest absolute Gasteiger partial charge is 0.497 e. The van der Waals surface area contributed by atoms with Gasteiger partial charge in [-0.05, 0) is 55.5 Å². The Morgan fingerprint density at radius 1 is 0.966 bits per heavy atom. The summed E-state index contributed by atoms with van der Waals surface area (Å²) < 4.78 is 10.1. The second-order valence-corrected chi connectivity index (χ2v) is 6.04.